The van der Waals surface area contributed by atoms with Crippen molar-refractivity contribution in [1.82, 2.24) is 4.90 Å². The second-order valence-corrected chi connectivity index (χ2v) is 7.01. The Balaban J connectivity index is 2.12. The van der Waals surface area contributed by atoms with Gasteiger partial charge in [0.2, 0.25) is 0 Å². The van der Waals surface area contributed by atoms with Gasteiger partial charge < -0.3 is 10.2 Å². The van der Waals surface area contributed by atoms with Gasteiger partial charge in [-0.25, -0.2) is 4.79 Å². The maximum Gasteiger partial charge on any atom is 0.321 e. The highest BCUT2D eigenvalue weighted by molar-refractivity contribution is 5.90. The number of rotatable bonds is 3. The topological polar surface area (TPSA) is 32.3 Å². The van der Waals surface area contributed by atoms with Crippen molar-refractivity contribution in [3.05, 3.63) is 65.2 Å². The number of amides is 2. The quantitative estimate of drug-likeness (QED) is 0.854. The summed E-state index contributed by atoms with van der Waals surface area (Å²) in [7, 11) is 1.82. The van der Waals surface area contributed by atoms with E-state index in [-0.39, 0.29) is 11.4 Å². The lowest BCUT2D eigenvalue weighted by Gasteiger charge is -2.25. The van der Waals surface area contributed by atoms with Gasteiger partial charge >= 0.3 is 6.03 Å². The lowest BCUT2D eigenvalue weighted by molar-refractivity contribution is 0.220. The van der Waals surface area contributed by atoms with Crippen molar-refractivity contribution >= 4 is 11.7 Å². The molecule has 0 aliphatic rings. The molecule has 0 heterocycles. The number of carbonyl (C=O) groups excluding carboxylic acids is 1. The van der Waals surface area contributed by atoms with Crippen LogP contribution in [0.25, 0.3) is 0 Å². The summed E-state index contributed by atoms with van der Waals surface area (Å²) in [6.45, 7) is 9.10. The molecular formula is C20H26N2O. The van der Waals surface area contributed by atoms with E-state index in [9.17, 15) is 4.79 Å². The molecule has 23 heavy (non-hydrogen) atoms. The van der Waals surface area contributed by atoms with Crippen LogP contribution in [-0.4, -0.2) is 18.0 Å². The van der Waals surface area contributed by atoms with Crippen LogP contribution in [0.4, 0.5) is 10.5 Å². The molecule has 0 saturated heterocycles. The number of benzene rings is 2. The van der Waals surface area contributed by atoms with Gasteiger partial charge in [-0.1, -0.05) is 63.2 Å². The van der Waals surface area contributed by atoms with Crippen molar-refractivity contribution in [3.63, 3.8) is 0 Å². The third kappa shape index (κ3) is 4.35. The van der Waals surface area contributed by atoms with Crippen LogP contribution in [0.3, 0.4) is 0 Å². The van der Waals surface area contributed by atoms with Crippen molar-refractivity contribution in [2.24, 2.45) is 0 Å². The summed E-state index contributed by atoms with van der Waals surface area (Å²) in [6, 6.07) is 16.0. The minimum absolute atomic E-state index is 0.0154. The highest BCUT2D eigenvalue weighted by Gasteiger charge is 2.19. The lowest BCUT2D eigenvalue weighted by Crippen LogP contribution is -2.32. The Morgan fingerprint density at radius 2 is 1.65 bits per heavy atom. The van der Waals surface area contributed by atoms with E-state index in [2.05, 4.69) is 51.2 Å². The Kier molecular flexibility index (Phi) is 5.09. The van der Waals surface area contributed by atoms with Crippen LogP contribution in [-0.2, 0) is 12.0 Å². The average molecular weight is 310 g/mol. The minimum atomic E-state index is -0.0926. The third-order valence-electron chi connectivity index (χ3n) is 3.99. The van der Waals surface area contributed by atoms with Crippen LogP contribution in [0.15, 0.2) is 48.5 Å². The van der Waals surface area contributed by atoms with Gasteiger partial charge in [0.25, 0.3) is 0 Å². The average Bonchev–Trinajstić information content (AvgIpc) is 2.49. The van der Waals surface area contributed by atoms with E-state index in [0.29, 0.717) is 6.54 Å². The molecular weight excluding hydrogens is 284 g/mol. The van der Waals surface area contributed by atoms with E-state index in [1.54, 1.807) is 4.90 Å². The molecule has 0 fully saturated rings. The van der Waals surface area contributed by atoms with Crippen molar-refractivity contribution < 1.29 is 4.79 Å². The molecule has 3 nitrogen and oxygen atoms in total. The van der Waals surface area contributed by atoms with E-state index < -0.39 is 0 Å². The summed E-state index contributed by atoms with van der Waals surface area (Å²) in [5.74, 6) is 0. The van der Waals surface area contributed by atoms with Gasteiger partial charge in [-0.05, 0) is 35.1 Å². The van der Waals surface area contributed by atoms with Gasteiger partial charge in [0.1, 0.15) is 0 Å². The van der Waals surface area contributed by atoms with Crippen LogP contribution in [0.1, 0.15) is 37.5 Å². The van der Waals surface area contributed by atoms with Crippen molar-refractivity contribution in [3.8, 4) is 0 Å². The second kappa shape index (κ2) is 6.86. The molecule has 0 radical (unpaired) electrons. The number of hydrogen-bond donors (Lipinski definition) is 1. The fourth-order valence-electron chi connectivity index (χ4n) is 2.57. The number of aryl methyl sites for hydroxylation is 1. The summed E-state index contributed by atoms with van der Waals surface area (Å²) in [6.07, 6.45) is 0. The van der Waals surface area contributed by atoms with Crippen LogP contribution in [0, 0.1) is 6.92 Å². The molecule has 2 aromatic carbocycles. The van der Waals surface area contributed by atoms with E-state index in [0.717, 1.165) is 16.8 Å². The van der Waals surface area contributed by atoms with Gasteiger partial charge in [-0.3, -0.25) is 0 Å². The molecule has 0 bridgehead atoms. The van der Waals surface area contributed by atoms with Crippen LogP contribution < -0.4 is 5.32 Å². The SMILES string of the molecule is Cc1ccccc1CN(C)C(=O)Nc1ccccc1C(C)(C)C. The van der Waals surface area contributed by atoms with E-state index in [4.69, 9.17) is 0 Å². The summed E-state index contributed by atoms with van der Waals surface area (Å²) in [4.78, 5) is 14.2. The number of urea groups is 1. The molecule has 0 aromatic heterocycles. The molecule has 0 unspecified atom stereocenters. The summed E-state index contributed by atoms with van der Waals surface area (Å²) in [5, 5.41) is 3.04. The van der Waals surface area contributed by atoms with Crippen LogP contribution >= 0.6 is 0 Å². The fourth-order valence-corrected chi connectivity index (χ4v) is 2.57. The van der Waals surface area contributed by atoms with Crippen LogP contribution in [0.2, 0.25) is 0 Å². The zero-order valence-electron chi connectivity index (χ0n) is 14.7. The molecule has 0 aliphatic carbocycles. The predicted octanol–water partition coefficient (Wildman–Crippen LogP) is 4.96. The van der Waals surface area contributed by atoms with Crippen LogP contribution in [0.5, 0.6) is 0 Å². The Morgan fingerprint density at radius 1 is 1.04 bits per heavy atom. The van der Waals surface area contributed by atoms with Crippen molar-refractivity contribution in [2.45, 2.75) is 39.7 Å². The number of hydrogen-bond acceptors (Lipinski definition) is 1. The highest BCUT2D eigenvalue weighted by atomic mass is 16.2. The van der Waals surface area contributed by atoms with E-state index in [1.165, 1.54) is 5.56 Å². The van der Waals surface area contributed by atoms with Gasteiger partial charge in [0.05, 0.1) is 0 Å². The first-order chi connectivity index (χ1) is 10.8. The molecule has 0 saturated carbocycles. The minimum Gasteiger partial charge on any atom is -0.323 e. The Labute approximate surface area is 139 Å². The zero-order valence-corrected chi connectivity index (χ0v) is 14.7. The highest BCUT2D eigenvalue weighted by Crippen LogP contribution is 2.29. The van der Waals surface area contributed by atoms with Gasteiger partial charge in [0, 0.05) is 19.3 Å². The molecule has 2 rings (SSSR count). The van der Waals surface area contributed by atoms with E-state index >= 15 is 0 Å². The summed E-state index contributed by atoms with van der Waals surface area (Å²) >= 11 is 0. The number of nitrogens with zero attached hydrogens (tertiary/aromatic N) is 1. The number of nitrogens with one attached hydrogen (secondary N) is 1. The smallest absolute Gasteiger partial charge is 0.321 e. The maximum absolute atomic E-state index is 12.5. The monoisotopic (exact) mass is 310 g/mol. The summed E-state index contributed by atoms with van der Waals surface area (Å²) in [5.41, 5.74) is 4.36. The molecule has 1 N–H and O–H groups in total. The fraction of sp³-hybridized carbons (Fsp3) is 0.350. The molecule has 0 atom stereocenters. The number of carbonyl (C=O) groups is 1. The van der Waals surface area contributed by atoms with Crippen molar-refractivity contribution in [1.29, 1.82) is 0 Å². The lowest BCUT2D eigenvalue weighted by atomic mass is 9.86. The van der Waals surface area contributed by atoms with E-state index in [1.807, 2.05) is 37.4 Å². The molecule has 0 aliphatic heterocycles. The van der Waals surface area contributed by atoms with Gasteiger partial charge in [-0.15, -0.1) is 0 Å². The molecule has 3 heteroatoms. The first-order valence-electron chi connectivity index (χ1n) is 7.95. The first-order valence-corrected chi connectivity index (χ1v) is 7.95. The van der Waals surface area contributed by atoms with Crippen molar-refractivity contribution in [2.75, 3.05) is 12.4 Å². The zero-order chi connectivity index (χ0) is 17.0. The summed E-state index contributed by atoms with van der Waals surface area (Å²) < 4.78 is 0. The predicted molar refractivity (Wildman–Crippen MR) is 96.8 cm³/mol. The van der Waals surface area contributed by atoms with Gasteiger partial charge in [0.15, 0.2) is 0 Å². The molecule has 2 amide bonds. The Bertz CT molecular complexity index is 686. The molecule has 122 valence electrons. The standard InChI is InChI=1S/C20H26N2O/c1-15-10-6-7-11-16(15)14-22(5)19(23)21-18-13-9-8-12-17(18)20(2,3)4/h6-13H,14H2,1-5H3,(H,21,23). The largest absolute Gasteiger partial charge is 0.323 e. The van der Waals surface area contributed by atoms with Gasteiger partial charge in [-0.2, -0.15) is 0 Å². The third-order valence-corrected chi connectivity index (χ3v) is 3.99. The molecule has 2 aromatic rings. The maximum atomic E-state index is 12.5. The normalized spacial score (nSPS) is 11.2. The first kappa shape index (κ1) is 17.1. The molecule has 0 spiro atoms. The number of anilines is 1. The Hall–Kier alpha value is -2.29. The second-order valence-electron chi connectivity index (χ2n) is 7.01. The Morgan fingerprint density at radius 3 is 2.30 bits per heavy atom. The number of para-hydroxylation sites is 1.